The van der Waals surface area contributed by atoms with E-state index in [0.29, 0.717) is 36.6 Å². The topological polar surface area (TPSA) is 91.1 Å². The van der Waals surface area contributed by atoms with Gasteiger partial charge in [0.1, 0.15) is 5.69 Å². The molecule has 0 fully saturated rings. The highest BCUT2D eigenvalue weighted by molar-refractivity contribution is 7.13. The minimum Gasteiger partial charge on any atom is -0.464 e. The number of fused-ring (bicyclic) bond motifs is 2. The zero-order chi connectivity index (χ0) is 20.7. The second-order valence-corrected chi connectivity index (χ2v) is 8.24. The van der Waals surface area contributed by atoms with E-state index < -0.39 is 5.97 Å². The molecule has 0 aliphatic carbocycles. The molecule has 0 bridgehead atoms. The molecular formula is C22H20N4O3S. The van der Waals surface area contributed by atoms with Gasteiger partial charge in [-0.05, 0) is 17.5 Å². The van der Waals surface area contributed by atoms with Crippen LogP contribution in [0.4, 0.5) is 0 Å². The normalized spacial score (nSPS) is 14.0. The number of aromatic amines is 2. The van der Waals surface area contributed by atoms with Crippen molar-refractivity contribution in [2.75, 3.05) is 13.7 Å². The first kappa shape index (κ1) is 18.8. The third kappa shape index (κ3) is 3.24. The van der Waals surface area contributed by atoms with Crippen molar-refractivity contribution in [2.24, 2.45) is 0 Å². The summed E-state index contributed by atoms with van der Waals surface area (Å²) in [6.45, 7) is 1.79. The van der Waals surface area contributed by atoms with Crippen molar-refractivity contribution in [3.63, 3.8) is 0 Å². The summed E-state index contributed by atoms with van der Waals surface area (Å²) in [4.78, 5) is 39.0. The molecule has 30 heavy (non-hydrogen) atoms. The van der Waals surface area contributed by atoms with E-state index in [9.17, 15) is 9.59 Å². The number of methoxy groups -OCH3 is 1. The Morgan fingerprint density at radius 2 is 2.10 bits per heavy atom. The van der Waals surface area contributed by atoms with Gasteiger partial charge in [0, 0.05) is 42.5 Å². The average Bonchev–Trinajstić information content (AvgIpc) is 3.42. The Balaban J connectivity index is 1.47. The van der Waals surface area contributed by atoms with Gasteiger partial charge in [-0.3, -0.25) is 9.69 Å². The standard InChI is InChI=1S/C22H20N4O3S/c1-29-22(28)19-14(13-5-2-3-6-16(13)23-19)11-26-9-8-17-15(12-26)21(27)25-20(24-17)18-7-4-10-30-18/h2-7,10,23H,8-9,11-12H2,1H3,(H,24,25,27). The lowest BCUT2D eigenvalue weighted by Crippen LogP contribution is -2.35. The highest BCUT2D eigenvalue weighted by Gasteiger charge is 2.25. The van der Waals surface area contributed by atoms with E-state index in [0.717, 1.165) is 33.6 Å². The van der Waals surface area contributed by atoms with E-state index in [1.807, 2.05) is 41.8 Å². The molecule has 0 atom stereocenters. The molecular weight excluding hydrogens is 400 g/mol. The minimum absolute atomic E-state index is 0.0970. The van der Waals surface area contributed by atoms with Crippen molar-refractivity contribution in [3.05, 3.63) is 74.6 Å². The molecule has 1 aliphatic heterocycles. The number of hydrogen-bond donors (Lipinski definition) is 2. The Morgan fingerprint density at radius 3 is 2.90 bits per heavy atom. The van der Waals surface area contributed by atoms with Crippen LogP contribution in [0.5, 0.6) is 0 Å². The number of aromatic nitrogens is 3. The number of hydrogen-bond acceptors (Lipinski definition) is 6. The molecule has 7 nitrogen and oxygen atoms in total. The van der Waals surface area contributed by atoms with Crippen LogP contribution in [0.3, 0.4) is 0 Å². The zero-order valence-electron chi connectivity index (χ0n) is 16.4. The number of rotatable bonds is 4. The van der Waals surface area contributed by atoms with Crippen LogP contribution in [0.1, 0.15) is 27.3 Å². The monoisotopic (exact) mass is 420 g/mol. The smallest absolute Gasteiger partial charge is 0.354 e. The van der Waals surface area contributed by atoms with E-state index in [-0.39, 0.29) is 5.56 Å². The van der Waals surface area contributed by atoms with E-state index in [4.69, 9.17) is 9.72 Å². The number of para-hydroxylation sites is 1. The summed E-state index contributed by atoms with van der Waals surface area (Å²) in [5, 5.41) is 2.96. The van der Waals surface area contributed by atoms with Crippen LogP contribution in [0.15, 0.2) is 46.6 Å². The van der Waals surface area contributed by atoms with Crippen LogP contribution >= 0.6 is 11.3 Å². The van der Waals surface area contributed by atoms with Crippen molar-refractivity contribution in [3.8, 4) is 10.7 Å². The fourth-order valence-electron chi connectivity index (χ4n) is 4.01. The summed E-state index contributed by atoms with van der Waals surface area (Å²) in [7, 11) is 1.38. The maximum atomic E-state index is 12.8. The predicted octanol–water partition coefficient (Wildman–Crippen LogP) is 3.32. The first-order chi connectivity index (χ1) is 14.6. The molecule has 0 amide bonds. The van der Waals surface area contributed by atoms with E-state index in [1.54, 1.807) is 11.3 Å². The largest absolute Gasteiger partial charge is 0.464 e. The van der Waals surface area contributed by atoms with E-state index in [2.05, 4.69) is 14.9 Å². The summed E-state index contributed by atoms with van der Waals surface area (Å²) >= 11 is 1.56. The number of nitrogens with zero attached hydrogens (tertiary/aromatic N) is 2. The zero-order valence-corrected chi connectivity index (χ0v) is 17.2. The van der Waals surface area contributed by atoms with Crippen molar-refractivity contribution in [1.29, 1.82) is 0 Å². The molecule has 0 unspecified atom stereocenters. The van der Waals surface area contributed by atoms with Gasteiger partial charge in [-0.2, -0.15) is 0 Å². The number of thiophene rings is 1. The molecule has 3 aromatic heterocycles. The van der Waals surface area contributed by atoms with Gasteiger partial charge in [-0.15, -0.1) is 11.3 Å². The van der Waals surface area contributed by atoms with Gasteiger partial charge in [-0.1, -0.05) is 24.3 Å². The summed E-state index contributed by atoms with van der Waals surface area (Å²) in [5.41, 5.74) is 3.70. The lowest BCUT2D eigenvalue weighted by Gasteiger charge is -2.27. The highest BCUT2D eigenvalue weighted by Crippen LogP contribution is 2.27. The fraction of sp³-hybridized carbons (Fsp3) is 0.227. The van der Waals surface area contributed by atoms with Crippen LogP contribution in [-0.2, 0) is 24.2 Å². The second kappa shape index (κ2) is 7.55. The third-order valence-corrected chi connectivity index (χ3v) is 6.36. The number of carbonyl (C=O) groups excluding carboxylic acids is 1. The van der Waals surface area contributed by atoms with E-state index in [1.165, 1.54) is 7.11 Å². The Morgan fingerprint density at radius 1 is 1.23 bits per heavy atom. The SMILES string of the molecule is COC(=O)c1[nH]c2ccccc2c1CN1CCc2nc(-c3cccs3)[nH]c(=O)c2C1. The third-order valence-electron chi connectivity index (χ3n) is 5.49. The molecule has 152 valence electrons. The maximum Gasteiger partial charge on any atom is 0.354 e. The first-order valence-electron chi connectivity index (χ1n) is 9.70. The lowest BCUT2D eigenvalue weighted by atomic mass is 10.0. The first-order valence-corrected chi connectivity index (χ1v) is 10.6. The van der Waals surface area contributed by atoms with Crippen LogP contribution in [0.25, 0.3) is 21.6 Å². The molecule has 4 aromatic rings. The molecule has 2 N–H and O–H groups in total. The minimum atomic E-state index is -0.390. The van der Waals surface area contributed by atoms with Crippen LogP contribution in [-0.4, -0.2) is 39.5 Å². The molecule has 0 radical (unpaired) electrons. The molecule has 0 saturated heterocycles. The molecule has 1 aromatic carbocycles. The predicted molar refractivity (Wildman–Crippen MR) is 116 cm³/mol. The number of nitrogens with one attached hydrogen (secondary N) is 2. The lowest BCUT2D eigenvalue weighted by molar-refractivity contribution is 0.0592. The van der Waals surface area contributed by atoms with Gasteiger partial charge in [-0.25, -0.2) is 9.78 Å². The summed E-state index contributed by atoms with van der Waals surface area (Å²) < 4.78 is 4.97. The van der Waals surface area contributed by atoms with Gasteiger partial charge in [0.2, 0.25) is 0 Å². The van der Waals surface area contributed by atoms with Crippen LogP contribution in [0, 0.1) is 0 Å². The number of esters is 1. The molecule has 0 saturated carbocycles. The Hall–Kier alpha value is -3.23. The average molecular weight is 420 g/mol. The summed E-state index contributed by atoms with van der Waals surface area (Å²) in [5.74, 6) is 0.241. The molecule has 5 rings (SSSR count). The van der Waals surface area contributed by atoms with Crippen LogP contribution < -0.4 is 5.56 Å². The highest BCUT2D eigenvalue weighted by atomic mass is 32.1. The van der Waals surface area contributed by atoms with Gasteiger partial charge in [0.15, 0.2) is 5.82 Å². The van der Waals surface area contributed by atoms with Crippen molar-refractivity contribution in [2.45, 2.75) is 19.5 Å². The Labute approximate surface area is 176 Å². The number of carbonyl (C=O) groups is 1. The molecule has 1 aliphatic rings. The summed E-state index contributed by atoms with van der Waals surface area (Å²) in [6, 6.07) is 11.7. The molecule has 8 heteroatoms. The summed E-state index contributed by atoms with van der Waals surface area (Å²) in [6.07, 6.45) is 0.688. The van der Waals surface area contributed by atoms with Gasteiger partial charge < -0.3 is 14.7 Å². The van der Waals surface area contributed by atoms with E-state index >= 15 is 0 Å². The Kier molecular flexibility index (Phi) is 4.72. The quantitative estimate of drug-likeness (QED) is 0.494. The number of H-pyrrole nitrogens is 2. The van der Waals surface area contributed by atoms with Crippen molar-refractivity contribution >= 4 is 28.2 Å². The maximum absolute atomic E-state index is 12.8. The van der Waals surface area contributed by atoms with Crippen molar-refractivity contribution < 1.29 is 9.53 Å². The number of ether oxygens (including phenoxy) is 1. The second-order valence-electron chi connectivity index (χ2n) is 7.29. The molecule has 4 heterocycles. The van der Waals surface area contributed by atoms with Gasteiger partial charge in [0.25, 0.3) is 5.56 Å². The van der Waals surface area contributed by atoms with Gasteiger partial charge >= 0.3 is 5.97 Å². The molecule has 0 spiro atoms. The number of benzene rings is 1. The Bertz CT molecular complexity index is 1290. The fourth-order valence-corrected chi connectivity index (χ4v) is 4.68. The van der Waals surface area contributed by atoms with Crippen LogP contribution in [0.2, 0.25) is 0 Å². The van der Waals surface area contributed by atoms with Crippen molar-refractivity contribution in [1.82, 2.24) is 19.9 Å². The van der Waals surface area contributed by atoms with Gasteiger partial charge in [0.05, 0.1) is 23.2 Å².